The van der Waals surface area contributed by atoms with E-state index in [1.807, 2.05) is 0 Å². The van der Waals surface area contributed by atoms with Gasteiger partial charge in [-0.2, -0.15) is 0 Å². The predicted octanol–water partition coefficient (Wildman–Crippen LogP) is 6.62. The van der Waals surface area contributed by atoms with Gasteiger partial charge >= 0.3 is 0 Å². The first-order valence-electron chi connectivity index (χ1n) is 8.24. The highest BCUT2D eigenvalue weighted by Gasteiger charge is 2.34. The van der Waals surface area contributed by atoms with Gasteiger partial charge in [0.1, 0.15) is 0 Å². The molecule has 0 aromatic heterocycles. The fraction of sp³-hybridized carbons (Fsp3) is 0.619. The molecule has 0 atom stereocenters. The Morgan fingerprint density at radius 2 is 0.810 bits per heavy atom. The Bertz CT molecular complexity index is 496. The highest BCUT2D eigenvalue weighted by Crippen LogP contribution is 2.49. The zero-order valence-electron chi connectivity index (χ0n) is 15.2. The van der Waals surface area contributed by atoms with Crippen LogP contribution in [0, 0.1) is 16.2 Å². The molecule has 0 fully saturated rings. The van der Waals surface area contributed by atoms with E-state index < -0.39 is 0 Å². The van der Waals surface area contributed by atoms with Crippen LogP contribution in [0.1, 0.15) is 68.2 Å². The van der Waals surface area contributed by atoms with Crippen LogP contribution < -0.4 is 0 Å². The van der Waals surface area contributed by atoms with Crippen molar-refractivity contribution in [2.45, 2.75) is 68.2 Å². The van der Waals surface area contributed by atoms with Gasteiger partial charge in [-0.1, -0.05) is 102 Å². The Morgan fingerprint density at radius 3 is 1.05 bits per heavy atom. The van der Waals surface area contributed by atoms with Crippen LogP contribution in [0.25, 0.3) is 0 Å². The molecule has 0 saturated carbocycles. The lowest BCUT2D eigenvalue weighted by Crippen LogP contribution is -2.20. The largest absolute Gasteiger partial charge is 0.0622 e. The van der Waals surface area contributed by atoms with Gasteiger partial charge < -0.3 is 0 Å². The van der Waals surface area contributed by atoms with E-state index in [1.165, 1.54) is 0 Å². The number of rotatable bonds is 2. The summed E-state index contributed by atoms with van der Waals surface area (Å²) in [5.74, 6) is 0. The molecule has 2 aliphatic carbocycles. The maximum absolute atomic E-state index is 2.39. The van der Waals surface area contributed by atoms with E-state index in [4.69, 9.17) is 0 Å². The summed E-state index contributed by atoms with van der Waals surface area (Å²) in [5, 5.41) is 0. The summed E-state index contributed by atoms with van der Waals surface area (Å²) in [6.07, 6.45) is 11.7. The third kappa shape index (κ3) is 3.25. The Balaban J connectivity index is 2.10. The summed E-state index contributed by atoms with van der Waals surface area (Å²) in [6.45, 7) is 18.7. The van der Waals surface area contributed by atoms with Crippen molar-refractivity contribution in [3.63, 3.8) is 0 Å². The van der Waals surface area contributed by atoms with Crippen molar-refractivity contribution in [2.75, 3.05) is 0 Å². The molecule has 0 unspecified atom stereocenters. The van der Waals surface area contributed by atoms with E-state index in [-0.39, 0.29) is 16.2 Å². The van der Waals surface area contributed by atoms with Gasteiger partial charge in [-0.25, -0.2) is 0 Å². The van der Waals surface area contributed by atoms with Crippen molar-refractivity contribution < 1.29 is 0 Å². The predicted molar refractivity (Wildman–Crippen MR) is 94.3 cm³/mol. The Morgan fingerprint density at radius 1 is 0.524 bits per heavy atom. The highest BCUT2D eigenvalue weighted by atomic mass is 14.4. The second-order valence-electron chi connectivity index (χ2n) is 9.25. The van der Waals surface area contributed by atoms with Gasteiger partial charge in [0.25, 0.3) is 0 Å². The summed E-state index contributed by atoms with van der Waals surface area (Å²) >= 11 is 0. The molecule has 0 heterocycles. The van der Waals surface area contributed by atoms with Crippen molar-refractivity contribution in [3.05, 3.63) is 46.6 Å². The molecular weight excluding hydrogens is 252 g/mol. The molecule has 0 saturated heterocycles. The summed E-state index contributed by atoms with van der Waals surface area (Å²) in [6, 6.07) is 0. The molecule has 0 aromatic rings. The monoisotopic (exact) mass is 284 g/mol. The van der Waals surface area contributed by atoms with Crippen molar-refractivity contribution in [2.24, 2.45) is 16.2 Å². The van der Waals surface area contributed by atoms with E-state index in [2.05, 4.69) is 79.7 Å². The highest BCUT2D eigenvalue weighted by molar-refractivity contribution is 5.45. The van der Waals surface area contributed by atoms with E-state index in [9.17, 15) is 0 Å². The molecule has 2 aliphatic rings. The van der Waals surface area contributed by atoms with Gasteiger partial charge in [0.05, 0.1) is 0 Å². The molecule has 0 radical (unpaired) electrons. The molecule has 0 aliphatic heterocycles. The summed E-state index contributed by atoms with van der Waals surface area (Å²) < 4.78 is 0. The van der Waals surface area contributed by atoms with Gasteiger partial charge in [0.15, 0.2) is 0 Å². The van der Waals surface area contributed by atoms with Crippen molar-refractivity contribution >= 4 is 0 Å². The molecule has 116 valence electrons. The summed E-state index contributed by atoms with van der Waals surface area (Å²) in [7, 11) is 0. The lowest BCUT2D eigenvalue weighted by molar-refractivity contribution is 0.454. The lowest BCUT2D eigenvalue weighted by Gasteiger charge is -2.32. The molecule has 0 heteroatoms. The normalized spacial score (nSPS) is 20.2. The average Bonchev–Trinajstić information content (AvgIpc) is 2.97. The van der Waals surface area contributed by atoms with E-state index >= 15 is 0 Å². The molecule has 0 spiro atoms. The SMILES string of the molecule is CC(C)(C)C1=CC=C(C(C)(C)C2=CC=C(C(C)(C)C)C2)C1. The van der Waals surface area contributed by atoms with Crippen LogP contribution in [0.4, 0.5) is 0 Å². The van der Waals surface area contributed by atoms with Crippen LogP contribution in [-0.4, -0.2) is 0 Å². The van der Waals surface area contributed by atoms with E-state index in [0.717, 1.165) is 12.8 Å². The standard InChI is InChI=1S/C21H32/c1-19(2,3)15-9-11-17(13-15)21(7,8)18-12-10-16(14-18)20(4,5)6/h9-12H,13-14H2,1-8H3. The molecule has 0 N–H and O–H groups in total. The van der Waals surface area contributed by atoms with Gasteiger partial charge in [0, 0.05) is 5.41 Å². The van der Waals surface area contributed by atoms with E-state index in [1.54, 1.807) is 22.3 Å². The first-order chi connectivity index (χ1) is 9.42. The van der Waals surface area contributed by atoms with Gasteiger partial charge in [-0.05, 0) is 23.7 Å². The van der Waals surface area contributed by atoms with Crippen LogP contribution in [-0.2, 0) is 0 Å². The Kier molecular flexibility index (Phi) is 3.89. The summed E-state index contributed by atoms with van der Waals surface area (Å²) in [5.41, 5.74) is 7.01. The van der Waals surface area contributed by atoms with Crippen molar-refractivity contribution in [1.82, 2.24) is 0 Å². The van der Waals surface area contributed by atoms with Crippen molar-refractivity contribution in [1.29, 1.82) is 0 Å². The fourth-order valence-corrected chi connectivity index (χ4v) is 3.14. The van der Waals surface area contributed by atoms with E-state index in [0.29, 0.717) is 0 Å². The topological polar surface area (TPSA) is 0 Å². The summed E-state index contributed by atoms with van der Waals surface area (Å²) in [4.78, 5) is 0. The van der Waals surface area contributed by atoms with Crippen LogP contribution in [0.3, 0.4) is 0 Å². The zero-order valence-corrected chi connectivity index (χ0v) is 15.2. The Hall–Kier alpha value is -1.04. The maximum atomic E-state index is 2.39. The van der Waals surface area contributed by atoms with Crippen LogP contribution >= 0.6 is 0 Å². The quantitative estimate of drug-likeness (QED) is 0.534. The average molecular weight is 284 g/mol. The second-order valence-corrected chi connectivity index (χ2v) is 9.25. The minimum absolute atomic E-state index is 0.174. The molecule has 0 bridgehead atoms. The molecular formula is C21H32. The smallest absolute Gasteiger partial charge is 0.00766 e. The fourth-order valence-electron chi connectivity index (χ4n) is 3.14. The molecule has 0 amide bonds. The van der Waals surface area contributed by atoms with Gasteiger partial charge in [0.2, 0.25) is 0 Å². The molecule has 0 aromatic carbocycles. The van der Waals surface area contributed by atoms with Crippen LogP contribution in [0.5, 0.6) is 0 Å². The van der Waals surface area contributed by atoms with Gasteiger partial charge in [-0.3, -0.25) is 0 Å². The van der Waals surface area contributed by atoms with Crippen LogP contribution in [0.2, 0.25) is 0 Å². The van der Waals surface area contributed by atoms with Crippen molar-refractivity contribution in [3.8, 4) is 0 Å². The maximum Gasteiger partial charge on any atom is 0.00766 e. The third-order valence-electron chi connectivity index (χ3n) is 5.27. The first kappa shape index (κ1) is 16.3. The third-order valence-corrected chi connectivity index (χ3v) is 5.27. The zero-order chi connectivity index (χ0) is 16.1. The molecule has 0 nitrogen and oxygen atoms in total. The lowest BCUT2D eigenvalue weighted by atomic mass is 9.72. The second kappa shape index (κ2) is 5.00. The van der Waals surface area contributed by atoms with Crippen LogP contribution in [0.15, 0.2) is 46.6 Å². The van der Waals surface area contributed by atoms with Gasteiger partial charge in [-0.15, -0.1) is 0 Å². The molecule has 2 rings (SSSR count). The number of hydrogen-bond donors (Lipinski definition) is 0. The minimum Gasteiger partial charge on any atom is -0.0622 e. The molecule has 21 heavy (non-hydrogen) atoms. The minimum atomic E-state index is 0.174. The number of allylic oxidation sites excluding steroid dienone is 8. The number of hydrogen-bond acceptors (Lipinski definition) is 0. The Labute approximate surface area is 131 Å². The first-order valence-corrected chi connectivity index (χ1v) is 8.24.